The van der Waals surface area contributed by atoms with E-state index in [1.807, 2.05) is 0 Å². The van der Waals surface area contributed by atoms with Crippen molar-refractivity contribution >= 4 is 49.2 Å². The first-order valence-electron chi connectivity index (χ1n) is 10.2. The number of benzene rings is 5. The third kappa shape index (κ3) is 2.01. The highest BCUT2D eigenvalue weighted by Gasteiger charge is 2.41. The van der Waals surface area contributed by atoms with Crippen LogP contribution in [0.5, 0.6) is 0 Å². The van der Waals surface area contributed by atoms with E-state index >= 15 is 13.2 Å². The van der Waals surface area contributed by atoms with Crippen molar-refractivity contribution in [2.24, 2.45) is 0 Å². The van der Waals surface area contributed by atoms with Crippen molar-refractivity contribution in [2.45, 2.75) is 24.7 Å². The first-order chi connectivity index (χ1) is 15.2. The van der Waals surface area contributed by atoms with Gasteiger partial charge in [-0.25, -0.2) is 4.39 Å². The lowest BCUT2D eigenvalue weighted by molar-refractivity contribution is -0.135. The first kappa shape index (κ1) is 18.3. The minimum Gasteiger partial charge on any atom is -0.242 e. The van der Waals surface area contributed by atoms with Crippen LogP contribution in [0.4, 0.5) is 26.3 Å². The Morgan fingerprint density at radius 2 is 1.59 bits per heavy atom. The zero-order chi connectivity index (χ0) is 22.2. The summed E-state index contributed by atoms with van der Waals surface area (Å²) in [7, 11) is 0. The van der Waals surface area contributed by atoms with Crippen molar-refractivity contribution in [3.8, 4) is 0 Å². The molecular weight excluding hydrogens is 426 g/mol. The van der Waals surface area contributed by atoms with Crippen LogP contribution in [0, 0.1) is 0 Å². The normalized spacial score (nSPS) is 19.0. The maximum Gasteiger partial charge on any atom is 0.417 e. The Hall–Kier alpha value is -3.28. The Balaban J connectivity index is 1.93. The fourth-order valence-electron chi connectivity index (χ4n) is 5.88. The van der Waals surface area contributed by atoms with E-state index in [4.69, 9.17) is 0 Å². The summed E-state index contributed by atoms with van der Waals surface area (Å²) < 4.78 is 88.5. The number of hydrogen-bond donors (Lipinski definition) is 0. The summed E-state index contributed by atoms with van der Waals surface area (Å²) in [6, 6.07) is 11.6. The fourth-order valence-corrected chi connectivity index (χ4v) is 5.88. The molecule has 0 fully saturated rings. The number of alkyl halides is 6. The Kier molecular flexibility index (Phi) is 3.07. The van der Waals surface area contributed by atoms with Crippen LogP contribution in [-0.4, -0.2) is 0 Å². The van der Waals surface area contributed by atoms with Gasteiger partial charge in [0.15, 0.2) is 0 Å². The van der Waals surface area contributed by atoms with E-state index in [1.54, 1.807) is 18.2 Å². The van der Waals surface area contributed by atoms with Gasteiger partial charge < -0.3 is 0 Å². The van der Waals surface area contributed by atoms with Crippen molar-refractivity contribution in [1.29, 1.82) is 0 Å². The van der Waals surface area contributed by atoms with Crippen LogP contribution in [0.3, 0.4) is 0 Å². The molecular formula is C26H12F6. The SMILES string of the molecule is FC1Cc2cc3c4c5c(cccc5c(C(F)(F)F)c5cc6cccc1c6c2c54)C(F)(F)C=3. The van der Waals surface area contributed by atoms with Gasteiger partial charge in [0.1, 0.15) is 6.17 Å². The molecule has 0 spiro atoms. The third-order valence-electron chi connectivity index (χ3n) is 6.96. The Bertz CT molecular complexity index is 1730. The van der Waals surface area contributed by atoms with Crippen molar-refractivity contribution in [2.75, 3.05) is 0 Å². The molecule has 0 saturated heterocycles. The van der Waals surface area contributed by atoms with Crippen LogP contribution in [0.1, 0.15) is 28.4 Å². The summed E-state index contributed by atoms with van der Waals surface area (Å²) in [5.74, 6) is -3.43. The molecule has 6 heteroatoms. The molecule has 1 unspecified atom stereocenters. The lowest BCUT2D eigenvalue weighted by Crippen LogP contribution is -2.23. The molecule has 0 heterocycles. The van der Waals surface area contributed by atoms with E-state index in [9.17, 15) is 13.2 Å². The van der Waals surface area contributed by atoms with Crippen LogP contribution in [-0.2, 0) is 18.5 Å². The minimum absolute atomic E-state index is 0.0316. The predicted molar refractivity (Wildman–Crippen MR) is 113 cm³/mol. The summed E-state index contributed by atoms with van der Waals surface area (Å²) >= 11 is 0. The maximum atomic E-state index is 15.1. The van der Waals surface area contributed by atoms with Crippen LogP contribution < -0.4 is 5.22 Å². The average Bonchev–Trinajstić information content (AvgIpc) is 2.71. The van der Waals surface area contributed by atoms with Crippen molar-refractivity contribution in [3.05, 3.63) is 76.0 Å². The van der Waals surface area contributed by atoms with Gasteiger partial charge in [-0.05, 0) is 66.2 Å². The number of hydrogen-bond acceptors (Lipinski definition) is 0. The fraction of sp³-hybridized carbons (Fsp3) is 0.154. The lowest BCUT2D eigenvalue weighted by atomic mass is 9.77. The zero-order valence-electron chi connectivity index (χ0n) is 16.2. The summed E-state index contributed by atoms with van der Waals surface area (Å²) in [4.78, 5) is 0. The molecule has 0 aliphatic heterocycles. The van der Waals surface area contributed by atoms with Crippen molar-refractivity contribution < 1.29 is 26.3 Å². The molecule has 158 valence electrons. The molecule has 0 aromatic heterocycles. The van der Waals surface area contributed by atoms with Gasteiger partial charge in [0.25, 0.3) is 5.92 Å². The predicted octanol–water partition coefficient (Wildman–Crippen LogP) is 7.49. The van der Waals surface area contributed by atoms with Gasteiger partial charge in [0, 0.05) is 17.4 Å². The standard InChI is InChI=1S/C26H12F6/c27-18-9-12-7-13-10-25(28,29)17-6-2-5-15-22(17)21(13)23-16(24(15)26(30,31)32)8-11-3-1-4-14(18)19(11)20(12)23/h1-8,10,18H,9H2. The van der Waals surface area contributed by atoms with E-state index in [2.05, 4.69) is 0 Å². The third-order valence-corrected chi connectivity index (χ3v) is 6.96. The van der Waals surface area contributed by atoms with E-state index in [1.165, 1.54) is 30.3 Å². The molecule has 2 aliphatic carbocycles. The first-order valence-corrected chi connectivity index (χ1v) is 10.2. The molecule has 1 atom stereocenters. The van der Waals surface area contributed by atoms with Crippen LogP contribution in [0.25, 0.3) is 49.2 Å². The minimum atomic E-state index is -4.76. The average molecular weight is 438 g/mol. The summed E-state index contributed by atoms with van der Waals surface area (Å²) in [5.41, 5.74) is -0.456. The highest BCUT2D eigenvalue weighted by atomic mass is 19.4. The molecule has 0 bridgehead atoms. The second kappa shape index (κ2) is 5.37. The summed E-state index contributed by atoms with van der Waals surface area (Å²) in [6.07, 6.45) is -5.37. The summed E-state index contributed by atoms with van der Waals surface area (Å²) in [5, 5.41) is 2.13. The Morgan fingerprint density at radius 1 is 0.812 bits per heavy atom. The molecule has 2 aliphatic rings. The Morgan fingerprint density at radius 3 is 2.38 bits per heavy atom. The molecule has 0 amide bonds. The van der Waals surface area contributed by atoms with Gasteiger partial charge in [-0.2, -0.15) is 22.0 Å². The van der Waals surface area contributed by atoms with Crippen molar-refractivity contribution in [1.82, 2.24) is 0 Å². The monoisotopic (exact) mass is 438 g/mol. The van der Waals surface area contributed by atoms with E-state index in [-0.39, 0.29) is 27.8 Å². The van der Waals surface area contributed by atoms with E-state index in [0.717, 1.165) is 6.08 Å². The van der Waals surface area contributed by atoms with Crippen LogP contribution in [0.15, 0.2) is 48.5 Å². The second-order valence-electron chi connectivity index (χ2n) is 8.66. The van der Waals surface area contributed by atoms with Crippen LogP contribution >= 0.6 is 0 Å². The van der Waals surface area contributed by atoms with Crippen molar-refractivity contribution in [3.63, 3.8) is 0 Å². The molecule has 7 rings (SSSR count). The largest absolute Gasteiger partial charge is 0.417 e. The smallest absolute Gasteiger partial charge is 0.242 e. The molecule has 0 saturated carbocycles. The van der Waals surface area contributed by atoms with Gasteiger partial charge in [-0.15, -0.1) is 0 Å². The quantitative estimate of drug-likeness (QED) is 0.134. The molecule has 5 aromatic rings. The molecule has 0 nitrogen and oxygen atoms in total. The van der Waals surface area contributed by atoms with Gasteiger partial charge in [-0.3, -0.25) is 0 Å². The van der Waals surface area contributed by atoms with Gasteiger partial charge in [0.05, 0.1) is 5.56 Å². The number of halogens is 6. The zero-order valence-corrected chi connectivity index (χ0v) is 16.2. The summed E-state index contributed by atoms with van der Waals surface area (Å²) in [6.45, 7) is 0. The molecule has 5 aromatic carbocycles. The van der Waals surface area contributed by atoms with E-state index in [0.29, 0.717) is 38.1 Å². The molecule has 0 N–H and O–H groups in total. The molecule has 32 heavy (non-hydrogen) atoms. The highest BCUT2D eigenvalue weighted by molar-refractivity contribution is 6.31. The maximum absolute atomic E-state index is 15.1. The topological polar surface area (TPSA) is 0 Å². The Labute approximate surface area is 176 Å². The van der Waals surface area contributed by atoms with Gasteiger partial charge in [0.2, 0.25) is 0 Å². The van der Waals surface area contributed by atoms with E-state index < -0.39 is 29.4 Å². The second-order valence-corrected chi connectivity index (χ2v) is 8.66. The number of rotatable bonds is 0. The van der Waals surface area contributed by atoms with Gasteiger partial charge >= 0.3 is 6.18 Å². The lowest BCUT2D eigenvalue weighted by Gasteiger charge is -2.29. The highest BCUT2D eigenvalue weighted by Crippen LogP contribution is 2.52. The molecule has 0 radical (unpaired) electrons. The van der Waals surface area contributed by atoms with Gasteiger partial charge in [-0.1, -0.05) is 42.5 Å². The van der Waals surface area contributed by atoms with Crippen LogP contribution in [0.2, 0.25) is 0 Å².